The summed E-state index contributed by atoms with van der Waals surface area (Å²) in [5.74, 6) is -0.516. The van der Waals surface area contributed by atoms with Gasteiger partial charge >= 0.3 is 6.09 Å². The van der Waals surface area contributed by atoms with E-state index in [0.29, 0.717) is 0 Å². The first-order valence-corrected chi connectivity index (χ1v) is 5.34. The van der Waals surface area contributed by atoms with Crippen molar-refractivity contribution in [1.29, 1.82) is 0 Å². The third kappa shape index (κ3) is 2.14. The molecule has 2 amide bonds. The van der Waals surface area contributed by atoms with Crippen molar-refractivity contribution in [2.75, 3.05) is 6.61 Å². The lowest BCUT2D eigenvalue weighted by Crippen LogP contribution is -2.50. The molecule has 0 bridgehead atoms. The predicted molar refractivity (Wildman–Crippen MR) is 59.5 cm³/mol. The van der Waals surface area contributed by atoms with Gasteiger partial charge in [0.1, 0.15) is 6.10 Å². The van der Waals surface area contributed by atoms with Crippen LogP contribution in [0.15, 0.2) is 30.3 Å². The molecule has 1 aromatic carbocycles. The molecule has 1 heterocycles. The summed E-state index contributed by atoms with van der Waals surface area (Å²) >= 11 is 0. The molecule has 0 aromatic heterocycles. The van der Waals surface area contributed by atoms with Crippen molar-refractivity contribution >= 4 is 12.0 Å². The average Bonchev–Trinajstić information content (AvgIpc) is 2.33. The summed E-state index contributed by atoms with van der Waals surface area (Å²) in [5.41, 5.74) is 0.759. The Balaban J connectivity index is 2.33. The van der Waals surface area contributed by atoms with Crippen LogP contribution in [0.2, 0.25) is 0 Å². The Morgan fingerprint density at radius 1 is 1.41 bits per heavy atom. The van der Waals surface area contributed by atoms with Gasteiger partial charge in [-0.05, 0) is 12.5 Å². The zero-order valence-electron chi connectivity index (χ0n) is 9.37. The summed E-state index contributed by atoms with van der Waals surface area (Å²) in [6.07, 6.45) is -1.94. The van der Waals surface area contributed by atoms with E-state index in [1.54, 1.807) is 31.2 Å². The molecular weight excluding hydrogens is 222 g/mol. The molecule has 5 nitrogen and oxygen atoms in total. The van der Waals surface area contributed by atoms with Gasteiger partial charge in [0, 0.05) is 0 Å². The number of carbonyl (C=O) groups is 2. The molecule has 1 fully saturated rings. The molecule has 90 valence electrons. The number of rotatable bonds is 1. The minimum absolute atomic E-state index is 0.198. The standard InChI is InChI=1S/C12H13NO4/c1-8-11(14)13(12(15)16)10(7-17-8)9-5-3-2-4-6-9/h2-6,8,10H,7H2,1H3,(H,15,16)/t8-,10-/m0/s1. The van der Waals surface area contributed by atoms with Crippen LogP contribution in [0, 0.1) is 0 Å². The van der Waals surface area contributed by atoms with Gasteiger partial charge in [-0.2, -0.15) is 0 Å². The highest BCUT2D eigenvalue weighted by atomic mass is 16.5. The number of amides is 2. The maximum Gasteiger partial charge on any atom is 0.414 e. The molecule has 17 heavy (non-hydrogen) atoms. The molecule has 1 aromatic rings. The molecule has 0 saturated carbocycles. The van der Waals surface area contributed by atoms with E-state index in [4.69, 9.17) is 9.84 Å². The minimum atomic E-state index is -1.24. The molecule has 0 spiro atoms. The van der Waals surface area contributed by atoms with Gasteiger partial charge < -0.3 is 9.84 Å². The Morgan fingerprint density at radius 2 is 2.06 bits per heavy atom. The highest BCUT2D eigenvalue weighted by Crippen LogP contribution is 2.26. The van der Waals surface area contributed by atoms with E-state index >= 15 is 0 Å². The number of nitrogens with zero attached hydrogens (tertiary/aromatic N) is 1. The lowest BCUT2D eigenvalue weighted by molar-refractivity contribution is -0.154. The van der Waals surface area contributed by atoms with Crippen molar-refractivity contribution < 1.29 is 19.4 Å². The fourth-order valence-corrected chi connectivity index (χ4v) is 1.88. The van der Waals surface area contributed by atoms with E-state index < -0.39 is 24.1 Å². The molecule has 2 atom stereocenters. The molecule has 2 rings (SSSR count). The molecule has 1 aliphatic rings. The van der Waals surface area contributed by atoms with Crippen LogP contribution in [0.25, 0.3) is 0 Å². The van der Waals surface area contributed by atoms with Gasteiger partial charge in [0.25, 0.3) is 5.91 Å². The Hall–Kier alpha value is -1.88. The predicted octanol–water partition coefficient (Wildman–Crippen LogP) is 1.65. The monoisotopic (exact) mass is 235 g/mol. The Kier molecular flexibility index (Phi) is 3.10. The summed E-state index contributed by atoms with van der Waals surface area (Å²) in [6, 6.07) is 8.45. The van der Waals surface area contributed by atoms with Gasteiger partial charge in [-0.15, -0.1) is 0 Å². The van der Waals surface area contributed by atoms with Crippen LogP contribution in [0.3, 0.4) is 0 Å². The number of ether oxygens (including phenoxy) is 1. The van der Waals surface area contributed by atoms with Crippen LogP contribution in [0.1, 0.15) is 18.5 Å². The van der Waals surface area contributed by atoms with Gasteiger partial charge in [0.15, 0.2) is 0 Å². The number of carboxylic acid groups (broad SMARTS) is 1. The maximum absolute atomic E-state index is 11.8. The second kappa shape index (κ2) is 4.55. The van der Waals surface area contributed by atoms with E-state index in [1.807, 2.05) is 6.07 Å². The highest BCUT2D eigenvalue weighted by molar-refractivity contribution is 5.94. The van der Waals surface area contributed by atoms with Crippen LogP contribution in [0.5, 0.6) is 0 Å². The lowest BCUT2D eigenvalue weighted by atomic mass is 10.0. The summed E-state index contributed by atoms with van der Waals surface area (Å²) in [7, 11) is 0. The van der Waals surface area contributed by atoms with E-state index in [-0.39, 0.29) is 6.61 Å². The van der Waals surface area contributed by atoms with E-state index in [2.05, 4.69) is 0 Å². The Morgan fingerprint density at radius 3 is 2.65 bits per heavy atom. The summed E-state index contributed by atoms with van der Waals surface area (Å²) in [5, 5.41) is 9.11. The number of morpholine rings is 1. The quantitative estimate of drug-likeness (QED) is 0.803. The van der Waals surface area contributed by atoms with Crippen molar-refractivity contribution in [2.45, 2.75) is 19.1 Å². The topological polar surface area (TPSA) is 66.8 Å². The zero-order valence-corrected chi connectivity index (χ0v) is 9.37. The lowest BCUT2D eigenvalue weighted by Gasteiger charge is -2.35. The maximum atomic E-state index is 11.8. The molecule has 0 aliphatic carbocycles. The normalized spacial score (nSPS) is 24.8. The van der Waals surface area contributed by atoms with Crippen LogP contribution >= 0.6 is 0 Å². The second-order valence-corrected chi connectivity index (χ2v) is 3.89. The number of imide groups is 1. The molecule has 1 N–H and O–H groups in total. The third-order valence-electron chi connectivity index (χ3n) is 2.79. The van der Waals surface area contributed by atoms with Crippen LogP contribution in [0.4, 0.5) is 4.79 Å². The first-order chi connectivity index (χ1) is 8.11. The molecule has 1 aliphatic heterocycles. The Bertz CT molecular complexity index is 431. The van der Waals surface area contributed by atoms with Gasteiger partial charge in [-0.1, -0.05) is 30.3 Å². The molecule has 1 saturated heterocycles. The first kappa shape index (κ1) is 11.6. The molecule has 0 unspecified atom stereocenters. The fourth-order valence-electron chi connectivity index (χ4n) is 1.88. The highest BCUT2D eigenvalue weighted by Gasteiger charge is 2.38. The van der Waals surface area contributed by atoms with Crippen molar-refractivity contribution in [2.24, 2.45) is 0 Å². The zero-order chi connectivity index (χ0) is 12.4. The molecular formula is C12H13NO4. The number of hydrogen-bond acceptors (Lipinski definition) is 3. The number of benzene rings is 1. The minimum Gasteiger partial charge on any atom is -0.465 e. The fraction of sp³-hybridized carbons (Fsp3) is 0.333. The third-order valence-corrected chi connectivity index (χ3v) is 2.79. The van der Waals surface area contributed by atoms with Crippen molar-refractivity contribution in [3.8, 4) is 0 Å². The summed E-state index contributed by atoms with van der Waals surface area (Å²) in [6.45, 7) is 1.75. The van der Waals surface area contributed by atoms with Gasteiger partial charge in [0.05, 0.1) is 12.6 Å². The SMILES string of the molecule is C[C@@H]1OC[C@@H](c2ccccc2)N(C(=O)O)C1=O. The first-order valence-electron chi connectivity index (χ1n) is 5.34. The average molecular weight is 235 g/mol. The summed E-state index contributed by atoms with van der Waals surface area (Å²) < 4.78 is 5.28. The van der Waals surface area contributed by atoms with Crippen LogP contribution < -0.4 is 0 Å². The van der Waals surface area contributed by atoms with Crippen LogP contribution in [-0.4, -0.2) is 34.7 Å². The number of carbonyl (C=O) groups excluding carboxylic acids is 1. The smallest absolute Gasteiger partial charge is 0.414 e. The van der Waals surface area contributed by atoms with Crippen molar-refractivity contribution in [3.63, 3.8) is 0 Å². The van der Waals surface area contributed by atoms with Gasteiger partial charge in [-0.25, -0.2) is 9.69 Å². The molecule has 5 heteroatoms. The van der Waals surface area contributed by atoms with Crippen molar-refractivity contribution in [3.05, 3.63) is 35.9 Å². The summed E-state index contributed by atoms with van der Waals surface area (Å²) in [4.78, 5) is 23.8. The number of hydrogen-bond donors (Lipinski definition) is 1. The molecule has 0 radical (unpaired) electrons. The Labute approximate surface area is 98.6 Å². The van der Waals surface area contributed by atoms with Crippen molar-refractivity contribution in [1.82, 2.24) is 4.90 Å². The van der Waals surface area contributed by atoms with E-state index in [1.165, 1.54) is 0 Å². The largest absolute Gasteiger partial charge is 0.465 e. The van der Waals surface area contributed by atoms with Crippen LogP contribution in [-0.2, 0) is 9.53 Å². The van der Waals surface area contributed by atoms with Gasteiger partial charge in [-0.3, -0.25) is 4.79 Å². The van der Waals surface area contributed by atoms with E-state index in [9.17, 15) is 9.59 Å². The second-order valence-electron chi connectivity index (χ2n) is 3.89. The van der Waals surface area contributed by atoms with Gasteiger partial charge in [0.2, 0.25) is 0 Å². The van der Waals surface area contributed by atoms with E-state index in [0.717, 1.165) is 10.5 Å².